The Morgan fingerprint density at radius 3 is 2.95 bits per heavy atom. The van der Waals surface area contributed by atoms with Crippen molar-refractivity contribution in [2.75, 3.05) is 13.6 Å². The molecule has 1 aromatic carbocycles. The molecule has 98 valence electrons. The molecule has 2 N–H and O–H groups in total. The summed E-state index contributed by atoms with van der Waals surface area (Å²) in [6.07, 6.45) is 3.54. The second-order valence-corrected chi connectivity index (χ2v) is 4.30. The van der Waals surface area contributed by atoms with Crippen LogP contribution in [0.4, 0.5) is 0 Å². The van der Waals surface area contributed by atoms with E-state index in [0.29, 0.717) is 11.3 Å². The first-order valence-corrected chi connectivity index (χ1v) is 6.09. The van der Waals surface area contributed by atoms with Crippen LogP contribution in [-0.4, -0.2) is 29.9 Å². The fourth-order valence-corrected chi connectivity index (χ4v) is 1.85. The van der Waals surface area contributed by atoms with Crippen LogP contribution in [0.5, 0.6) is 5.75 Å². The Bertz CT molecular complexity index is 572. The van der Waals surface area contributed by atoms with Gasteiger partial charge >= 0.3 is 0 Å². The Kier molecular flexibility index (Phi) is 4.16. The summed E-state index contributed by atoms with van der Waals surface area (Å²) >= 11 is 0. The van der Waals surface area contributed by atoms with Crippen LogP contribution in [0.15, 0.2) is 30.6 Å². The molecule has 0 bridgehead atoms. The summed E-state index contributed by atoms with van der Waals surface area (Å²) in [5.74, 6) is 0.601. The predicted molar refractivity (Wildman–Crippen MR) is 72.8 cm³/mol. The molecular weight excluding hydrogens is 240 g/mol. The van der Waals surface area contributed by atoms with Crippen LogP contribution < -0.4 is 10.1 Å². The van der Waals surface area contributed by atoms with E-state index in [9.17, 15) is 0 Å². The lowest BCUT2D eigenvalue weighted by atomic mass is 10.1. The molecular formula is C14H16N4O. The Morgan fingerprint density at radius 2 is 2.32 bits per heavy atom. The number of hydrogen-bond acceptors (Lipinski definition) is 4. The molecule has 1 atom stereocenters. The molecule has 0 unspecified atom stereocenters. The van der Waals surface area contributed by atoms with E-state index in [-0.39, 0.29) is 6.10 Å². The van der Waals surface area contributed by atoms with Gasteiger partial charge in [0.1, 0.15) is 17.9 Å². The Morgan fingerprint density at radius 1 is 1.47 bits per heavy atom. The van der Waals surface area contributed by atoms with Crippen molar-refractivity contribution in [2.45, 2.75) is 13.0 Å². The molecule has 2 aromatic rings. The quantitative estimate of drug-likeness (QED) is 0.857. The van der Waals surface area contributed by atoms with E-state index in [1.165, 1.54) is 0 Å². The van der Waals surface area contributed by atoms with Gasteiger partial charge in [-0.15, -0.1) is 0 Å². The fourth-order valence-electron chi connectivity index (χ4n) is 1.85. The smallest absolute Gasteiger partial charge is 0.138 e. The highest BCUT2D eigenvalue weighted by molar-refractivity contribution is 5.65. The Balaban J connectivity index is 2.30. The standard InChI is InChI=1S/C14H16N4O/c1-10(7-16-2)19-14-5-11(3-4-12(14)6-15)13-8-17-18-9-13/h3-5,8-10,16H,7H2,1-2H3,(H,17,18)/t10-/m0/s1. The van der Waals surface area contributed by atoms with Crippen molar-refractivity contribution >= 4 is 0 Å². The number of nitrogens with zero attached hydrogens (tertiary/aromatic N) is 2. The molecule has 0 aliphatic rings. The number of rotatable bonds is 5. The van der Waals surface area contributed by atoms with Crippen molar-refractivity contribution in [3.05, 3.63) is 36.2 Å². The van der Waals surface area contributed by atoms with Crippen LogP contribution in [0.3, 0.4) is 0 Å². The van der Waals surface area contributed by atoms with Gasteiger partial charge in [-0.3, -0.25) is 5.10 Å². The lowest BCUT2D eigenvalue weighted by Crippen LogP contribution is -2.26. The van der Waals surface area contributed by atoms with Gasteiger partial charge in [-0.25, -0.2) is 0 Å². The molecule has 1 aromatic heterocycles. The van der Waals surface area contributed by atoms with Gasteiger partial charge in [-0.1, -0.05) is 6.07 Å². The average Bonchev–Trinajstić information content (AvgIpc) is 2.93. The van der Waals surface area contributed by atoms with Crippen molar-refractivity contribution in [3.63, 3.8) is 0 Å². The third-order valence-corrected chi connectivity index (χ3v) is 2.75. The van der Waals surface area contributed by atoms with E-state index >= 15 is 0 Å². The lowest BCUT2D eigenvalue weighted by Gasteiger charge is -2.15. The van der Waals surface area contributed by atoms with E-state index in [1.54, 1.807) is 12.3 Å². The molecule has 0 aliphatic heterocycles. The number of aromatic nitrogens is 2. The minimum absolute atomic E-state index is 0.00306. The van der Waals surface area contributed by atoms with Crippen LogP contribution in [0, 0.1) is 11.3 Å². The largest absolute Gasteiger partial charge is 0.488 e. The molecule has 5 nitrogen and oxygen atoms in total. The summed E-state index contributed by atoms with van der Waals surface area (Å²) in [5, 5.41) is 18.9. The number of benzene rings is 1. The van der Waals surface area contributed by atoms with Gasteiger partial charge in [-0.05, 0) is 31.7 Å². The van der Waals surface area contributed by atoms with E-state index in [0.717, 1.165) is 17.7 Å². The maximum atomic E-state index is 9.12. The number of ether oxygens (including phenoxy) is 1. The summed E-state index contributed by atoms with van der Waals surface area (Å²) in [6, 6.07) is 7.67. The van der Waals surface area contributed by atoms with Crippen molar-refractivity contribution in [3.8, 4) is 22.9 Å². The van der Waals surface area contributed by atoms with Crippen LogP contribution in [0.1, 0.15) is 12.5 Å². The maximum Gasteiger partial charge on any atom is 0.138 e. The molecule has 5 heteroatoms. The summed E-state index contributed by atoms with van der Waals surface area (Å²) in [5.41, 5.74) is 2.48. The van der Waals surface area contributed by atoms with E-state index in [2.05, 4.69) is 21.6 Å². The number of aromatic amines is 1. The number of nitriles is 1. The minimum atomic E-state index is -0.00306. The highest BCUT2D eigenvalue weighted by Gasteiger charge is 2.10. The molecule has 1 heterocycles. The average molecular weight is 256 g/mol. The Labute approximate surface area is 112 Å². The van der Waals surface area contributed by atoms with E-state index in [4.69, 9.17) is 10.00 Å². The molecule has 0 saturated carbocycles. The second kappa shape index (κ2) is 6.03. The zero-order chi connectivity index (χ0) is 13.7. The van der Waals surface area contributed by atoms with Gasteiger partial charge in [0.25, 0.3) is 0 Å². The monoisotopic (exact) mass is 256 g/mol. The molecule has 19 heavy (non-hydrogen) atoms. The summed E-state index contributed by atoms with van der Waals surface area (Å²) in [6.45, 7) is 2.68. The van der Waals surface area contributed by atoms with E-state index in [1.807, 2.05) is 32.3 Å². The predicted octanol–water partition coefficient (Wildman–Crippen LogP) is 1.94. The normalized spacial score (nSPS) is 11.8. The third-order valence-electron chi connectivity index (χ3n) is 2.75. The van der Waals surface area contributed by atoms with Crippen molar-refractivity contribution in [1.82, 2.24) is 15.5 Å². The first-order chi connectivity index (χ1) is 9.24. The van der Waals surface area contributed by atoms with Crippen LogP contribution in [0.2, 0.25) is 0 Å². The molecule has 0 aliphatic carbocycles. The van der Waals surface area contributed by atoms with Crippen LogP contribution in [-0.2, 0) is 0 Å². The van der Waals surface area contributed by atoms with Gasteiger partial charge in [0, 0.05) is 18.3 Å². The van der Waals surface area contributed by atoms with Crippen LogP contribution in [0.25, 0.3) is 11.1 Å². The molecule has 0 radical (unpaired) electrons. The molecule has 2 rings (SSSR count). The van der Waals surface area contributed by atoms with E-state index < -0.39 is 0 Å². The number of H-pyrrole nitrogens is 1. The molecule has 0 fully saturated rings. The summed E-state index contributed by atoms with van der Waals surface area (Å²) in [4.78, 5) is 0. The number of nitrogens with one attached hydrogen (secondary N) is 2. The number of hydrogen-bond donors (Lipinski definition) is 2. The van der Waals surface area contributed by atoms with Gasteiger partial charge in [-0.2, -0.15) is 10.4 Å². The molecule has 0 amide bonds. The SMILES string of the molecule is CNC[C@H](C)Oc1cc(-c2cn[nH]c2)ccc1C#N. The second-order valence-electron chi connectivity index (χ2n) is 4.30. The van der Waals surface area contributed by atoms with Gasteiger partial charge in [0.2, 0.25) is 0 Å². The minimum Gasteiger partial charge on any atom is -0.488 e. The zero-order valence-electron chi connectivity index (χ0n) is 11.0. The van der Waals surface area contributed by atoms with Crippen molar-refractivity contribution in [1.29, 1.82) is 5.26 Å². The Hall–Kier alpha value is -2.32. The zero-order valence-corrected chi connectivity index (χ0v) is 11.0. The van der Waals surface area contributed by atoms with Crippen LogP contribution >= 0.6 is 0 Å². The summed E-state index contributed by atoms with van der Waals surface area (Å²) in [7, 11) is 1.87. The first kappa shape index (κ1) is 13.1. The first-order valence-electron chi connectivity index (χ1n) is 6.09. The highest BCUT2D eigenvalue weighted by Crippen LogP contribution is 2.27. The lowest BCUT2D eigenvalue weighted by molar-refractivity contribution is 0.220. The highest BCUT2D eigenvalue weighted by atomic mass is 16.5. The topological polar surface area (TPSA) is 73.7 Å². The van der Waals surface area contributed by atoms with Gasteiger partial charge in [0.15, 0.2) is 0 Å². The summed E-state index contributed by atoms with van der Waals surface area (Å²) < 4.78 is 5.80. The van der Waals surface area contributed by atoms with Gasteiger partial charge < -0.3 is 10.1 Å². The fraction of sp³-hybridized carbons (Fsp3) is 0.286. The molecule has 0 spiro atoms. The third kappa shape index (κ3) is 3.12. The molecule has 0 saturated heterocycles. The van der Waals surface area contributed by atoms with Crippen molar-refractivity contribution < 1.29 is 4.74 Å². The van der Waals surface area contributed by atoms with Crippen molar-refractivity contribution in [2.24, 2.45) is 0 Å². The maximum absolute atomic E-state index is 9.12. The number of likely N-dealkylation sites (N-methyl/N-ethyl adjacent to an activating group) is 1. The van der Waals surface area contributed by atoms with Gasteiger partial charge in [0.05, 0.1) is 11.8 Å².